The maximum absolute atomic E-state index is 11.4. The summed E-state index contributed by atoms with van der Waals surface area (Å²) in [5.74, 6) is -0.398. The highest BCUT2D eigenvalue weighted by Crippen LogP contribution is 2.30. The molecular weight excluding hydrogens is 334 g/mol. The van der Waals surface area contributed by atoms with Gasteiger partial charge in [0.15, 0.2) is 0 Å². The van der Waals surface area contributed by atoms with Crippen LogP contribution in [0.15, 0.2) is 72.8 Å². The summed E-state index contributed by atoms with van der Waals surface area (Å²) in [4.78, 5) is 13.8. The highest BCUT2D eigenvalue weighted by atomic mass is 16.1. The standard InChI is InChI=1S/C23H23N3O/c24-23(27)19-9-5-6-17(14-19)15-25-21-10-3-1-8-20(21)16-26-13-12-18-7-2-4-11-22(18)26/h1-11,14,25H,12-13,15-16H2,(H2,24,27). The van der Waals surface area contributed by atoms with Gasteiger partial charge in [-0.3, -0.25) is 4.79 Å². The van der Waals surface area contributed by atoms with E-state index >= 15 is 0 Å². The van der Waals surface area contributed by atoms with Crippen LogP contribution in [-0.2, 0) is 19.5 Å². The van der Waals surface area contributed by atoms with Crippen LogP contribution in [0.5, 0.6) is 0 Å². The predicted molar refractivity (Wildman–Crippen MR) is 110 cm³/mol. The molecule has 27 heavy (non-hydrogen) atoms. The number of nitrogens with two attached hydrogens (primary N) is 1. The van der Waals surface area contributed by atoms with Gasteiger partial charge in [-0.15, -0.1) is 0 Å². The molecule has 0 unspecified atom stereocenters. The summed E-state index contributed by atoms with van der Waals surface area (Å²) in [7, 11) is 0. The number of carbonyl (C=O) groups is 1. The Morgan fingerprint density at radius 3 is 2.70 bits per heavy atom. The van der Waals surface area contributed by atoms with E-state index in [1.54, 1.807) is 6.07 Å². The molecule has 4 nitrogen and oxygen atoms in total. The summed E-state index contributed by atoms with van der Waals surface area (Å²) in [6.45, 7) is 2.57. The van der Waals surface area contributed by atoms with E-state index in [4.69, 9.17) is 5.73 Å². The van der Waals surface area contributed by atoms with Crippen molar-refractivity contribution in [1.82, 2.24) is 0 Å². The third-order valence-corrected chi connectivity index (χ3v) is 5.06. The molecule has 0 saturated carbocycles. The normalized spacial score (nSPS) is 12.7. The fraction of sp³-hybridized carbons (Fsp3) is 0.174. The van der Waals surface area contributed by atoms with Crippen LogP contribution in [0, 0.1) is 0 Å². The summed E-state index contributed by atoms with van der Waals surface area (Å²) < 4.78 is 0. The van der Waals surface area contributed by atoms with E-state index < -0.39 is 5.91 Å². The van der Waals surface area contributed by atoms with Gasteiger partial charge in [-0.2, -0.15) is 0 Å². The molecule has 3 aromatic carbocycles. The van der Waals surface area contributed by atoms with E-state index in [1.807, 2.05) is 24.3 Å². The zero-order valence-corrected chi connectivity index (χ0v) is 15.2. The molecule has 1 heterocycles. The second-order valence-corrected chi connectivity index (χ2v) is 6.88. The molecule has 1 amide bonds. The van der Waals surface area contributed by atoms with Gasteiger partial charge in [0.2, 0.25) is 5.91 Å². The third kappa shape index (κ3) is 3.80. The van der Waals surface area contributed by atoms with Crippen LogP contribution >= 0.6 is 0 Å². The highest BCUT2D eigenvalue weighted by molar-refractivity contribution is 5.92. The van der Waals surface area contributed by atoms with Gasteiger partial charge in [-0.05, 0) is 47.4 Å². The Kier molecular flexibility index (Phi) is 4.79. The Morgan fingerprint density at radius 2 is 1.81 bits per heavy atom. The van der Waals surface area contributed by atoms with Crippen molar-refractivity contribution in [2.75, 3.05) is 16.8 Å². The van der Waals surface area contributed by atoms with Crippen LogP contribution in [0.25, 0.3) is 0 Å². The third-order valence-electron chi connectivity index (χ3n) is 5.06. The monoisotopic (exact) mass is 357 g/mol. The maximum Gasteiger partial charge on any atom is 0.248 e. The minimum atomic E-state index is -0.398. The smallest absolute Gasteiger partial charge is 0.248 e. The fourth-order valence-electron chi connectivity index (χ4n) is 3.64. The largest absolute Gasteiger partial charge is 0.381 e. The zero-order valence-electron chi connectivity index (χ0n) is 15.2. The molecule has 0 spiro atoms. The molecular formula is C23H23N3O. The first kappa shape index (κ1) is 17.2. The van der Waals surface area contributed by atoms with Crippen molar-refractivity contribution in [3.63, 3.8) is 0 Å². The summed E-state index contributed by atoms with van der Waals surface area (Å²) in [6.07, 6.45) is 1.10. The van der Waals surface area contributed by atoms with Gasteiger partial charge in [0.1, 0.15) is 0 Å². The predicted octanol–water partition coefficient (Wildman–Crippen LogP) is 3.96. The zero-order chi connectivity index (χ0) is 18.6. The first-order valence-electron chi connectivity index (χ1n) is 9.24. The number of benzene rings is 3. The molecule has 0 bridgehead atoms. The van der Waals surface area contributed by atoms with E-state index in [-0.39, 0.29) is 0 Å². The molecule has 1 aliphatic heterocycles. The van der Waals surface area contributed by atoms with Crippen molar-refractivity contribution in [3.05, 3.63) is 95.1 Å². The van der Waals surface area contributed by atoms with Crippen LogP contribution in [-0.4, -0.2) is 12.5 Å². The van der Waals surface area contributed by atoms with Crippen molar-refractivity contribution in [2.45, 2.75) is 19.5 Å². The Labute approximate surface area is 159 Å². The second kappa shape index (κ2) is 7.54. The summed E-state index contributed by atoms with van der Waals surface area (Å²) in [6, 6.07) is 24.5. The topological polar surface area (TPSA) is 58.4 Å². The average molecular weight is 357 g/mol. The summed E-state index contributed by atoms with van der Waals surface area (Å²) >= 11 is 0. The van der Waals surface area contributed by atoms with Crippen molar-refractivity contribution >= 4 is 17.3 Å². The number of hydrogen-bond acceptors (Lipinski definition) is 3. The number of fused-ring (bicyclic) bond motifs is 1. The molecule has 0 aromatic heterocycles. The molecule has 3 aromatic rings. The van der Waals surface area contributed by atoms with Gasteiger partial charge in [0.05, 0.1) is 0 Å². The number of carbonyl (C=O) groups excluding carboxylic acids is 1. The second-order valence-electron chi connectivity index (χ2n) is 6.88. The molecule has 3 N–H and O–H groups in total. The van der Waals surface area contributed by atoms with Gasteiger partial charge < -0.3 is 16.0 Å². The molecule has 0 aliphatic carbocycles. The Bertz CT molecular complexity index is 967. The van der Waals surface area contributed by atoms with Crippen molar-refractivity contribution in [1.29, 1.82) is 0 Å². The molecule has 0 saturated heterocycles. The number of anilines is 2. The number of para-hydroxylation sites is 2. The quantitative estimate of drug-likeness (QED) is 0.702. The number of nitrogens with one attached hydrogen (secondary N) is 1. The highest BCUT2D eigenvalue weighted by Gasteiger charge is 2.19. The molecule has 1 aliphatic rings. The number of hydrogen-bond donors (Lipinski definition) is 2. The van der Waals surface area contributed by atoms with Crippen LogP contribution < -0.4 is 16.0 Å². The molecule has 136 valence electrons. The van der Waals surface area contributed by atoms with E-state index in [2.05, 4.69) is 52.7 Å². The first-order valence-corrected chi connectivity index (χ1v) is 9.24. The van der Waals surface area contributed by atoms with E-state index in [0.29, 0.717) is 12.1 Å². The molecule has 0 fully saturated rings. The van der Waals surface area contributed by atoms with Crippen LogP contribution in [0.1, 0.15) is 27.0 Å². The van der Waals surface area contributed by atoms with Crippen molar-refractivity contribution < 1.29 is 4.79 Å². The SMILES string of the molecule is NC(=O)c1cccc(CNc2ccccc2CN2CCc3ccccc32)c1. The number of nitrogens with zero attached hydrogens (tertiary/aromatic N) is 1. The lowest BCUT2D eigenvalue weighted by Crippen LogP contribution is -2.20. The molecule has 0 radical (unpaired) electrons. The minimum Gasteiger partial charge on any atom is -0.381 e. The van der Waals surface area contributed by atoms with Gasteiger partial charge in [-0.1, -0.05) is 48.5 Å². The van der Waals surface area contributed by atoms with Crippen LogP contribution in [0.2, 0.25) is 0 Å². The summed E-state index contributed by atoms with van der Waals surface area (Å²) in [5.41, 5.74) is 12.1. The summed E-state index contributed by atoms with van der Waals surface area (Å²) in [5, 5.41) is 3.51. The van der Waals surface area contributed by atoms with E-state index in [9.17, 15) is 4.79 Å². The first-order chi connectivity index (χ1) is 13.2. The Hall–Kier alpha value is -3.27. The van der Waals surface area contributed by atoms with Gasteiger partial charge >= 0.3 is 0 Å². The van der Waals surface area contributed by atoms with Crippen LogP contribution in [0.3, 0.4) is 0 Å². The number of rotatable bonds is 6. The molecule has 4 rings (SSSR count). The van der Waals surface area contributed by atoms with Gasteiger partial charge in [-0.25, -0.2) is 0 Å². The lowest BCUT2D eigenvalue weighted by molar-refractivity contribution is 0.1000. The van der Waals surface area contributed by atoms with Gasteiger partial charge in [0.25, 0.3) is 0 Å². The lowest BCUT2D eigenvalue weighted by atomic mass is 10.1. The maximum atomic E-state index is 11.4. The number of amides is 1. The minimum absolute atomic E-state index is 0.398. The van der Waals surface area contributed by atoms with E-state index in [1.165, 1.54) is 16.8 Å². The fourth-order valence-corrected chi connectivity index (χ4v) is 3.64. The Balaban J connectivity index is 1.49. The van der Waals surface area contributed by atoms with Crippen molar-refractivity contribution in [3.8, 4) is 0 Å². The van der Waals surface area contributed by atoms with Crippen molar-refractivity contribution in [2.24, 2.45) is 5.73 Å². The van der Waals surface area contributed by atoms with Crippen LogP contribution in [0.4, 0.5) is 11.4 Å². The number of primary amides is 1. The molecule has 4 heteroatoms. The Morgan fingerprint density at radius 1 is 1.00 bits per heavy atom. The lowest BCUT2D eigenvalue weighted by Gasteiger charge is -2.22. The van der Waals surface area contributed by atoms with Gasteiger partial charge in [0, 0.05) is 36.6 Å². The average Bonchev–Trinajstić information content (AvgIpc) is 3.10. The van der Waals surface area contributed by atoms with E-state index in [0.717, 1.165) is 30.8 Å². The molecule has 0 atom stereocenters.